The molecule has 0 unspecified atom stereocenters. The van der Waals surface area contributed by atoms with Crippen LogP contribution in [0.2, 0.25) is 0 Å². The van der Waals surface area contributed by atoms with Crippen molar-refractivity contribution in [1.29, 1.82) is 0 Å². The summed E-state index contributed by atoms with van der Waals surface area (Å²) in [5.41, 5.74) is 6.18. The van der Waals surface area contributed by atoms with Gasteiger partial charge in [0.25, 0.3) is 11.8 Å². The molecule has 4 aromatic rings. The van der Waals surface area contributed by atoms with Crippen LogP contribution in [0.4, 0.5) is 0 Å². The van der Waals surface area contributed by atoms with Gasteiger partial charge in [-0.2, -0.15) is 0 Å². The zero-order chi connectivity index (χ0) is 20.7. The average Bonchev–Trinajstić information content (AvgIpc) is 3.31. The Kier molecular flexibility index (Phi) is 4.54. The Balaban J connectivity index is 0.000000130. The Hall–Kier alpha value is -3.54. The predicted octanol–water partition coefficient (Wildman–Crippen LogP) is 3.40. The lowest BCUT2D eigenvalue weighted by molar-refractivity contribution is 0.0938. The second-order valence-electron chi connectivity index (χ2n) is 7.62. The number of aromatic amines is 1. The van der Waals surface area contributed by atoms with E-state index in [4.69, 9.17) is 0 Å². The molecule has 0 saturated carbocycles. The largest absolute Gasteiger partial charge is 0.358 e. The van der Waals surface area contributed by atoms with Crippen molar-refractivity contribution in [3.63, 3.8) is 0 Å². The minimum Gasteiger partial charge on any atom is -0.358 e. The summed E-state index contributed by atoms with van der Waals surface area (Å²) in [4.78, 5) is 26.8. The van der Waals surface area contributed by atoms with Crippen molar-refractivity contribution in [3.8, 4) is 0 Å². The van der Waals surface area contributed by atoms with E-state index in [1.807, 2.05) is 42.5 Å². The number of hydrogen-bond acceptors (Lipinski definition) is 2. The number of para-hydroxylation sites is 2. The van der Waals surface area contributed by atoms with Gasteiger partial charge in [-0.3, -0.25) is 9.59 Å². The van der Waals surface area contributed by atoms with Crippen LogP contribution in [0.5, 0.6) is 0 Å². The molecule has 2 amide bonds. The molecule has 30 heavy (non-hydrogen) atoms. The summed E-state index contributed by atoms with van der Waals surface area (Å²) >= 11 is 0. The number of carbonyl (C=O) groups is 2. The third-order valence-electron chi connectivity index (χ3n) is 5.94. The molecule has 0 radical (unpaired) electrons. The summed E-state index contributed by atoms with van der Waals surface area (Å²) in [6.45, 7) is 4.53. The van der Waals surface area contributed by atoms with Crippen LogP contribution >= 0.6 is 0 Å². The fraction of sp³-hybridized carbons (Fsp3) is 0.250. The molecule has 3 N–H and O–H groups in total. The molecular formula is C24H24N4O2. The summed E-state index contributed by atoms with van der Waals surface area (Å²) in [5.74, 6) is 0.119. The molecule has 6 nitrogen and oxygen atoms in total. The third-order valence-corrected chi connectivity index (χ3v) is 5.94. The van der Waals surface area contributed by atoms with Crippen LogP contribution in [-0.4, -0.2) is 34.5 Å². The van der Waals surface area contributed by atoms with Crippen molar-refractivity contribution in [2.24, 2.45) is 0 Å². The number of rotatable bonds is 1. The van der Waals surface area contributed by atoms with Crippen LogP contribution in [0.15, 0.2) is 48.5 Å². The molecule has 2 aliphatic rings. The van der Waals surface area contributed by atoms with Gasteiger partial charge in [0.15, 0.2) is 0 Å². The number of benzene rings is 2. The highest BCUT2D eigenvalue weighted by atomic mass is 16.2. The van der Waals surface area contributed by atoms with E-state index in [1.165, 1.54) is 11.2 Å². The monoisotopic (exact) mass is 400 g/mol. The SMILES string of the molecule is CCn1c2c(c3ccccc31)C(=O)NCC2.O=C1NCCc2[nH]c3ccccc3c21. The minimum atomic E-state index is 0.0451. The average molecular weight is 400 g/mol. The molecule has 2 aromatic heterocycles. The molecule has 2 aliphatic heterocycles. The van der Waals surface area contributed by atoms with Crippen LogP contribution in [-0.2, 0) is 19.4 Å². The summed E-state index contributed by atoms with van der Waals surface area (Å²) in [5, 5.41) is 7.88. The molecule has 0 aliphatic carbocycles. The number of aryl methyl sites for hydroxylation is 1. The Morgan fingerprint density at radius 3 is 2.30 bits per heavy atom. The first-order valence-electron chi connectivity index (χ1n) is 10.4. The number of H-pyrrole nitrogens is 1. The van der Waals surface area contributed by atoms with Crippen molar-refractivity contribution in [2.45, 2.75) is 26.3 Å². The number of hydrogen-bond donors (Lipinski definition) is 3. The van der Waals surface area contributed by atoms with Crippen molar-refractivity contribution >= 4 is 33.6 Å². The molecule has 152 valence electrons. The topological polar surface area (TPSA) is 78.9 Å². The van der Waals surface area contributed by atoms with Gasteiger partial charge in [-0.15, -0.1) is 0 Å². The lowest BCUT2D eigenvalue weighted by atomic mass is 10.1. The molecule has 0 fully saturated rings. The van der Waals surface area contributed by atoms with E-state index >= 15 is 0 Å². The maximum atomic E-state index is 11.9. The number of nitrogens with one attached hydrogen (secondary N) is 3. The second-order valence-corrected chi connectivity index (χ2v) is 7.62. The van der Waals surface area contributed by atoms with E-state index in [0.717, 1.165) is 65.6 Å². The second kappa shape index (κ2) is 7.37. The molecule has 0 bridgehead atoms. The van der Waals surface area contributed by atoms with Crippen molar-refractivity contribution in [2.75, 3.05) is 13.1 Å². The van der Waals surface area contributed by atoms with Gasteiger partial charge in [0.2, 0.25) is 0 Å². The highest BCUT2D eigenvalue weighted by molar-refractivity contribution is 6.09. The number of nitrogens with zero attached hydrogens (tertiary/aromatic N) is 1. The van der Waals surface area contributed by atoms with Gasteiger partial charge in [0.1, 0.15) is 0 Å². The molecule has 6 rings (SSSR count). The minimum absolute atomic E-state index is 0.0451. The maximum absolute atomic E-state index is 11.9. The Morgan fingerprint density at radius 1 is 0.833 bits per heavy atom. The van der Waals surface area contributed by atoms with Gasteiger partial charge in [-0.1, -0.05) is 36.4 Å². The fourth-order valence-corrected chi connectivity index (χ4v) is 4.65. The number of aromatic nitrogens is 2. The number of carbonyl (C=O) groups excluding carboxylic acids is 2. The summed E-state index contributed by atoms with van der Waals surface area (Å²) in [7, 11) is 0. The predicted molar refractivity (Wildman–Crippen MR) is 118 cm³/mol. The van der Waals surface area contributed by atoms with Crippen LogP contribution in [0, 0.1) is 0 Å². The third kappa shape index (κ3) is 2.87. The van der Waals surface area contributed by atoms with Gasteiger partial charge < -0.3 is 20.2 Å². The van der Waals surface area contributed by atoms with Gasteiger partial charge >= 0.3 is 0 Å². The van der Waals surface area contributed by atoms with E-state index in [0.29, 0.717) is 0 Å². The highest BCUT2D eigenvalue weighted by Gasteiger charge is 2.24. The smallest absolute Gasteiger partial charge is 0.253 e. The van der Waals surface area contributed by atoms with Crippen molar-refractivity contribution < 1.29 is 9.59 Å². The number of amides is 2. The highest BCUT2D eigenvalue weighted by Crippen LogP contribution is 2.28. The standard InChI is InChI=1S/C13H14N2O.C11H10N2O/c1-2-15-10-6-4-3-5-9(10)12-11(15)7-8-14-13(12)16;14-11-10-7-3-1-2-4-8(7)13-9(10)5-6-12-11/h3-6H,2,7-8H2,1H3,(H,14,16);1-4,13H,5-6H2,(H,12,14). The summed E-state index contributed by atoms with van der Waals surface area (Å²) < 4.78 is 2.25. The zero-order valence-corrected chi connectivity index (χ0v) is 16.9. The maximum Gasteiger partial charge on any atom is 0.253 e. The van der Waals surface area contributed by atoms with Crippen molar-refractivity contribution in [3.05, 3.63) is 71.0 Å². The lowest BCUT2D eigenvalue weighted by Gasteiger charge is -2.15. The van der Waals surface area contributed by atoms with Gasteiger partial charge in [0.05, 0.1) is 11.1 Å². The summed E-state index contributed by atoms with van der Waals surface area (Å²) in [6, 6.07) is 16.1. The molecular weight excluding hydrogens is 376 g/mol. The molecule has 0 saturated heterocycles. The molecule has 2 aromatic carbocycles. The first-order chi connectivity index (χ1) is 14.7. The van der Waals surface area contributed by atoms with Gasteiger partial charge in [-0.25, -0.2) is 0 Å². The fourth-order valence-electron chi connectivity index (χ4n) is 4.65. The van der Waals surface area contributed by atoms with Crippen LogP contribution < -0.4 is 10.6 Å². The van der Waals surface area contributed by atoms with Crippen LogP contribution in [0.25, 0.3) is 21.8 Å². The number of fused-ring (bicyclic) bond motifs is 6. The van der Waals surface area contributed by atoms with Crippen molar-refractivity contribution in [1.82, 2.24) is 20.2 Å². The molecule has 0 atom stereocenters. The van der Waals surface area contributed by atoms with Gasteiger partial charge in [0, 0.05) is 65.7 Å². The summed E-state index contributed by atoms with van der Waals surface area (Å²) in [6.07, 6.45) is 1.83. The van der Waals surface area contributed by atoms with E-state index in [-0.39, 0.29) is 11.8 Å². The quantitative estimate of drug-likeness (QED) is 0.458. The molecule has 6 heteroatoms. The Bertz CT molecular complexity index is 1280. The van der Waals surface area contributed by atoms with E-state index in [1.54, 1.807) is 0 Å². The molecule has 0 spiro atoms. The van der Waals surface area contributed by atoms with E-state index in [9.17, 15) is 9.59 Å². The Morgan fingerprint density at radius 2 is 1.50 bits per heavy atom. The molecule has 4 heterocycles. The van der Waals surface area contributed by atoms with Gasteiger partial charge in [-0.05, 0) is 19.1 Å². The first-order valence-corrected chi connectivity index (χ1v) is 10.4. The Labute approximate surface area is 174 Å². The normalized spacial score (nSPS) is 15.1. The first kappa shape index (κ1) is 18.5. The van der Waals surface area contributed by atoms with Crippen LogP contribution in [0.1, 0.15) is 39.0 Å². The van der Waals surface area contributed by atoms with Crippen LogP contribution in [0.3, 0.4) is 0 Å². The lowest BCUT2D eigenvalue weighted by Crippen LogP contribution is -2.32. The zero-order valence-electron chi connectivity index (χ0n) is 16.9. The van der Waals surface area contributed by atoms with E-state index in [2.05, 4.69) is 33.2 Å². The van der Waals surface area contributed by atoms with E-state index < -0.39 is 0 Å².